The van der Waals surface area contributed by atoms with E-state index in [2.05, 4.69) is 21.2 Å². The van der Waals surface area contributed by atoms with E-state index in [4.69, 9.17) is 4.42 Å². The van der Waals surface area contributed by atoms with E-state index in [9.17, 15) is 9.59 Å². The second kappa shape index (κ2) is 4.82. The van der Waals surface area contributed by atoms with E-state index >= 15 is 0 Å². The molecule has 0 aromatic carbocycles. The molecule has 1 heterocycles. The summed E-state index contributed by atoms with van der Waals surface area (Å²) in [5.41, 5.74) is -0.447. The first-order valence-electron chi connectivity index (χ1n) is 4.87. The van der Waals surface area contributed by atoms with Crippen LogP contribution in [0.25, 0.3) is 0 Å². The Hall–Kier alpha value is -1.10. The van der Waals surface area contributed by atoms with Crippen LogP contribution in [0.4, 0.5) is 0 Å². The molecule has 0 aliphatic heterocycles. The predicted molar refractivity (Wildman–Crippen MR) is 63.2 cm³/mol. The predicted octanol–water partition coefficient (Wildman–Crippen LogP) is 2.39. The van der Waals surface area contributed by atoms with E-state index in [1.807, 2.05) is 20.8 Å². The lowest BCUT2D eigenvalue weighted by atomic mass is 9.91. The lowest BCUT2D eigenvalue weighted by molar-refractivity contribution is -0.125. The smallest absolute Gasteiger partial charge is 0.287 e. The molecule has 0 saturated carbocycles. The van der Waals surface area contributed by atoms with Gasteiger partial charge in [-0.1, -0.05) is 20.8 Å². The van der Waals surface area contributed by atoms with Gasteiger partial charge < -0.3 is 9.73 Å². The standard InChI is InChI=1S/C11H14BrNO3/c1-11(2,3)8(14)6-13-10(15)7-4-5-9(12)16-7/h4-5H,6H2,1-3H3,(H,13,15). The van der Waals surface area contributed by atoms with Gasteiger partial charge in [0.2, 0.25) is 0 Å². The Kier molecular flexibility index (Phi) is 3.91. The number of amides is 1. The SMILES string of the molecule is CC(C)(C)C(=O)CNC(=O)c1ccc(Br)o1. The number of hydrogen-bond donors (Lipinski definition) is 1. The van der Waals surface area contributed by atoms with Crippen molar-refractivity contribution in [3.63, 3.8) is 0 Å². The van der Waals surface area contributed by atoms with Gasteiger partial charge in [-0.05, 0) is 28.1 Å². The average molecular weight is 288 g/mol. The van der Waals surface area contributed by atoms with Crippen molar-refractivity contribution >= 4 is 27.6 Å². The van der Waals surface area contributed by atoms with Crippen LogP contribution in [0, 0.1) is 5.41 Å². The van der Waals surface area contributed by atoms with Crippen molar-refractivity contribution in [2.45, 2.75) is 20.8 Å². The van der Waals surface area contributed by atoms with E-state index in [1.54, 1.807) is 12.1 Å². The highest BCUT2D eigenvalue weighted by atomic mass is 79.9. The molecule has 1 N–H and O–H groups in total. The summed E-state index contributed by atoms with van der Waals surface area (Å²) in [5, 5.41) is 2.52. The second-order valence-electron chi connectivity index (χ2n) is 4.46. The molecule has 0 aliphatic carbocycles. The molecule has 16 heavy (non-hydrogen) atoms. The highest BCUT2D eigenvalue weighted by Crippen LogP contribution is 2.15. The van der Waals surface area contributed by atoms with E-state index in [-0.39, 0.29) is 24.0 Å². The van der Waals surface area contributed by atoms with Gasteiger partial charge in [-0.25, -0.2) is 0 Å². The molecule has 0 saturated heterocycles. The van der Waals surface area contributed by atoms with Gasteiger partial charge in [-0.3, -0.25) is 9.59 Å². The summed E-state index contributed by atoms with van der Waals surface area (Å²) in [5.74, 6) is -0.219. The van der Waals surface area contributed by atoms with Crippen molar-refractivity contribution in [2.24, 2.45) is 5.41 Å². The van der Waals surface area contributed by atoms with Crippen LogP contribution in [0.15, 0.2) is 21.2 Å². The number of nitrogens with one attached hydrogen (secondary N) is 1. The summed E-state index contributed by atoms with van der Waals surface area (Å²) in [6.07, 6.45) is 0. The lowest BCUT2D eigenvalue weighted by Crippen LogP contribution is -2.35. The van der Waals surface area contributed by atoms with Crippen LogP contribution in [-0.2, 0) is 4.79 Å². The maximum Gasteiger partial charge on any atom is 0.287 e. The number of rotatable bonds is 3. The van der Waals surface area contributed by atoms with Gasteiger partial charge in [0.05, 0.1) is 6.54 Å². The fourth-order valence-corrected chi connectivity index (χ4v) is 1.26. The highest BCUT2D eigenvalue weighted by Gasteiger charge is 2.22. The Labute approximate surface area is 103 Å². The molecule has 0 atom stereocenters. The van der Waals surface area contributed by atoms with Crippen LogP contribution in [-0.4, -0.2) is 18.2 Å². The maximum absolute atomic E-state index is 11.6. The van der Waals surface area contributed by atoms with Crippen LogP contribution >= 0.6 is 15.9 Å². The van der Waals surface area contributed by atoms with Gasteiger partial charge in [0.15, 0.2) is 16.2 Å². The third-order valence-corrected chi connectivity index (χ3v) is 2.47. The van der Waals surface area contributed by atoms with Crippen LogP contribution < -0.4 is 5.32 Å². The quantitative estimate of drug-likeness (QED) is 0.929. The fraction of sp³-hybridized carbons (Fsp3) is 0.455. The minimum absolute atomic E-state index is 0.0145. The lowest BCUT2D eigenvalue weighted by Gasteiger charge is -2.16. The van der Waals surface area contributed by atoms with Crippen molar-refractivity contribution in [1.82, 2.24) is 5.32 Å². The zero-order valence-corrected chi connectivity index (χ0v) is 11.1. The van der Waals surface area contributed by atoms with Crippen LogP contribution in [0.3, 0.4) is 0 Å². The summed E-state index contributed by atoms with van der Waals surface area (Å²) in [7, 11) is 0. The van der Waals surface area contributed by atoms with Crippen molar-refractivity contribution in [1.29, 1.82) is 0 Å². The fourth-order valence-electron chi connectivity index (χ4n) is 0.949. The first-order chi connectivity index (χ1) is 7.30. The Morgan fingerprint density at radius 3 is 2.44 bits per heavy atom. The molecule has 0 bridgehead atoms. The van der Waals surface area contributed by atoms with Crippen molar-refractivity contribution in [2.75, 3.05) is 6.54 Å². The van der Waals surface area contributed by atoms with E-state index in [1.165, 1.54) is 0 Å². The number of hydrogen-bond acceptors (Lipinski definition) is 3. The Morgan fingerprint density at radius 2 is 2.00 bits per heavy atom. The van der Waals surface area contributed by atoms with Gasteiger partial charge in [-0.2, -0.15) is 0 Å². The monoisotopic (exact) mass is 287 g/mol. The number of Topliss-reactive ketones (excluding diaryl/α,β-unsaturated/α-hetero) is 1. The molecule has 1 aromatic rings. The molecule has 1 aromatic heterocycles. The maximum atomic E-state index is 11.6. The van der Waals surface area contributed by atoms with Crippen LogP contribution in [0.5, 0.6) is 0 Å². The van der Waals surface area contributed by atoms with Crippen molar-refractivity contribution in [3.05, 3.63) is 22.6 Å². The van der Waals surface area contributed by atoms with Crippen molar-refractivity contribution in [3.8, 4) is 0 Å². The molecule has 4 nitrogen and oxygen atoms in total. The molecule has 0 aliphatic rings. The Morgan fingerprint density at radius 1 is 1.38 bits per heavy atom. The van der Waals surface area contributed by atoms with Gasteiger partial charge >= 0.3 is 0 Å². The molecular formula is C11H14BrNO3. The van der Waals surface area contributed by atoms with Gasteiger partial charge in [0, 0.05) is 5.41 Å². The molecule has 1 amide bonds. The number of furan rings is 1. The number of carbonyl (C=O) groups excluding carboxylic acids is 2. The van der Waals surface area contributed by atoms with Crippen LogP contribution in [0.2, 0.25) is 0 Å². The first kappa shape index (κ1) is 13.0. The Balaban J connectivity index is 2.51. The zero-order chi connectivity index (χ0) is 12.3. The van der Waals surface area contributed by atoms with E-state index < -0.39 is 5.41 Å². The largest absolute Gasteiger partial charge is 0.444 e. The normalized spacial score (nSPS) is 11.2. The number of carbonyl (C=O) groups is 2. The molecule has 5 heteroatoms. The highest BCUT2D eigenvalue weighted by molar-refractivity contribution is 9.10. The van der Waals surface area contributed by atoms with E-state index in [0.717, 1.165) is 0 Å². The summed E-state index contributed by atoms with van der Waals surface area (Å²) < 4.78 is 5.54. The van der Waals surface area contributed by atoms with E-state index in [0.29, 0.717) is 4.67 Å². The first-order valence-corrected chi connectivity index (χ1v) is 5.67. The minimum Gasteiger partial charge on any atom is -0.444 e. The molecule has 1 rings (SSSR count). The molecule has 0 unspecified atom stereocenters. The average Bonchev–Trinajstić information content (AvgIpc) is 2.59. The molecular weight excluding hydrogens is 274 g/mol. The summed E-state index contributed by atoms with van der Waals surface area (Å²) in [6.45, 7) is 5.45. The molecule has 0 radical (unpaired) electrons. The molecule has 0 fully saturated rings. The van der Waals surface area contributed by atoms with Crippen molar-refractivity contribution < 1.29 is 14.0 Å². The minimum atomic E-state index is -0.447. The number of halogens is 1. The second-order valence-corrected chi connectivity index (χ2v) is 5.24. The van der Waals surface area contributed by atoms with Gasteiger partial charge in [0.1, 0.15) is 0 Å². The third-order valence-electron chi connectivity index (χ3n) is 2.04. The molecule has 0 spiro atoms. The third kappa shape index (κ3) is 3.48. The summed E-state index contributed by atoms with van der Waals surface area (Å²) >= 11 is 3.10. The molecule has 88 valence electrons. The zero-order valence-electron chi connectivity index (χ0n) is 9.46. The summed E-state index contributed by atoms with van der Waals surface area (Å²) in [4.78, 5) is 23.1. The Bertz CT molecular complexity index is 404. The summed E-state index contributed by atoms with van der Waals surface area (Å²) in [6, 6.07) is 3.17. The van der Waals surface area contributed by atoms with Gasteiger partial charge in [0.25, 0.3) is 5.91 Å². The topological polar surface area (TPSA) is 59.3 Å². The number of ketones is 1. The van der Waals surface area contributed by atoms with Crippen LogP contribution in [0.1, 0.15) is 31.3 Å². The van der Waals surface area contributed by atoms with Gasteiger partial charge in [-0.15, -0.1) is 0 Å².